The summed E-state index contributed by atoms with van der Waals surface area (Å²) in [5, 5.41) is 10.5. The van der Waals surface area contributed by atoms with Crippen LogP contribution < -0.4 is 15.0 Å². The van der Waals surface area contributed by atoms with Gasteiger partial charge in [-0.25, -0.2) is 0 Å². The van der Waals surface area contributed by atoms with E-state index in [-0.39, 0.29) is 12.2 Å². The second-order valence-electron chi connectivity index (χ2n) is 7.49. The van der Waals surface area contributed by atoms with Crippen molar-refractivity contribution in [3.05, 3.63) is 87.3 Å². The maximum Gasteiger partial charge on any atom is 0.255 e. The molecular weight excluding hydrogens is 426 g/mol. The molecule has 1 aromatic heterocycles. The van der Waals surface area contributed by atoms with Crippen molar-refractivity contribution in [2.75, 3.05) is 13.7 Å². The molecule has 170 valence electrons. The number of rotatable bonds is 7. The quantitative estimate of drug-likeness (QED) is 0.485. The Hall–Kier alpha value is -3.02. The fourth-order valence-electron chi connectivity index (χ4n) is 2.76. The number of hydrogen-bond donors (Lipinski definition) is 1. The van der Waals surface area contributed by atoms with Crippen LogP contribution in [0.25, 0.3) is 17.8 Å². The predicted octanol–water partition coefficient (Wildman–Crippen LogP) is 5.85. The number of benzene rings is 2. The van der Waals surface area contributed by atoms with E-state index in [0.717, 1.165) is 11.1 Å². The minimum atomic E-state index is -0.962. The highest BCUT2D eigenvalue weighted by Gasteiger charge is 2.15. The van der Waals surface area contributed by atoms with Crippen LogP contribution in [-0.4, -0.2) is 29.0 Å². The molecule has 6 heteroatoms. The molecule has 0 bridgehead atoms. The Kier molecular flexibility index (Phi) is 9.12. The van der Waals surface area contributed by atoms with Crippen molar-refractivity contribution in [2.45, 2.75) is 33.3 Å². The highest BCUT2D eigenvalue weighted by molar-refractivity contribution is 6.30. The Bertz CT molecular complexity index is 1100. The first-order valence-corrected chi connectivity index (χ1v) is 10.8. The normalized spacial score (nSPS) is 11.1. The SMILES string of the molecule is CC.COc1cc(-n2ccc(C=Cc3ccc(Cl)cc3)cc2=O)ccc1OCC(C)(C)O. The van der Waals surface area contributed by atoms with Gasteiger partial charge < -0.3 is 14.6 Å². The molecule has 1 N–H and O–H groups in total. The van der Waals surface area contributed by atoms with Gasteiger partial charge in [-0.3, -0.25) is 9.36 Å². The molecule has 0 atom stereocenters. The summed E-state index contributed by atoms with van der Waals surface area (Å²) in [6, 6.07) is 16.1. The van der Waals surface area contributed by atoms with Crippen LogP contribution in [0.5, 0.6) is 11.5 Å². The molecule has 2 aromatic carbocycles. The van der Waals surface area contributed by atoms with Gasteiger partial charge in [-0.1, -0.05) is 49.7 Å². The van der Waals surface area contributed by atoms with Gasteiger partial charge in [0.05, 0.1) is 18.4 Å². The van der Waals surface area contributed by atoms with E-state index in [1.807, 2.05) is 56.3 Å². The summed E-state index contributed by atoms with van der Waals surface area (Å²) < 4.78 is 12.6. The molecule has 0 fully saturated rings. The molecule has 3 aromatic rings. The van der Waals surface area contributed by atoms with Crippen LogP contribution in [0.2, 0.25) is 5.02 Å². The zero-order valence-electron chi connectivity index (χ0n) is 19.1. The first-order chi connectivity index (χ1) is 15.2. The molecule has 0 radical (unpaired) electrons. The second kappa shape index (κ2) is 11.6. The zero-order chi connectivity index (χ0) is 23.7. The molecule has 0 aliphatic rings. The van der Waals surface area contributed by atoms with Gasteiger partial charge >= 0.3 is 0 Å². The van der Waals surface area contributed by atoms with Crippen molar-refractivity contribution in [1.29, 1.82) is 0 Å². The minimum Gasteiger partial charge on any atom is -0.493 e. The smallest absolute Gasteiger partial charge is 0.255 e. The van der Waals surface area contributed by atoms with Gasteiger partial charge in [0.25, 0.3) is 5.56 Å². The number of pyridine rings is 1. The fourth-order valence-corrected chi connectivity index (χ4v) is 2.88. The van der Waals surface area contributed by atoms with E-state index in [1.54, 1.807) is 44.3 Å². The Morgan fingerprint density at radius 3 is 2.22 bits per heavy atom. The molecule has 5 nitrogen and oxygen atoms in total. The summed E-state index contributed by atoms with van der Waals surface area (Å²) in [5.41, 5.74) is 1.31. The van der Waals surface area contributed by atoms with Crippen LogP contribution in [0.15, 0.2) is 65.6 Å². The average Bonchev–Trinajstić information content (AvgIpc) is 2.78. The van der Waals surface area contributed by atoms with E-state index >= 15 is 0 Å². The maximum atomic E-state index is 12.6. The third kappa shape index (κ3) is 7.29. The fraction of sp³-hybridized carbons (Fsp3) is 0.269. The summed E-state index contributed by atoms with van der Waals surface area (Å²) >= 11 is 5.90. The topological polar surface area (TPSA) is 60.7 Å². The summed E-state index contributed by atoms with van der Waals surface area (Å²) in [7, 11) is 1.53. The largest absolute Gasteiger partial charge is 0.493 e. The minimum absolute atomic E-state index is 0.122. The molecule has 0 saturated carbocycles. The zero-order valence-corrected chi connectivity index (χ0v) is 19.9. The van der Waals surface area contributed by atoms with Crippen molar-refractivity contribution < 1.29 is 14.6 Å². The van der Waals surface area contributed by atoms with Crippen LogP contribution in [0.4, 0.5) is 0 Å². The van der Waals surface area contributed by atoms with E-state index in [1.165, 1.54) is 11.7 Å². The van der Waals surface area contributed by atoms with Crippen LogP contribution in [0, 0.1) is 0 Å². The molecule has 1 heterocycles. The standard InChI is InChI=1S/C24H24ClNO4.C2H6/c1-24(2,28)16-30-21-11-10-20(15-22(21)29-3)26-13-12-18(14-23(26)27)5-4-17-6-8-19(25)9-7-17;1-2/h4-15,28H,16H2,1-3H3;1-2H3. The van der Waals surface area contributed by atoms with Crippen molar-refractivity contribution in [3.63, 3.8) is 0 Å². The number of hydrogen-bond acceptors (Lipinski definition) is 4. The van der Waals surface area contributed by atoms with Crippen molar-refractivity contribution in [3.8, 4) is 17.2 Å². The van der Waals surface area contributed by atoms with Gasteiger partial charge in [0, 0.05) is 23.4 Å². The van der Waals surface area contributed by atoms with Crippen molar-refractivity contribution in [1.82, 2.24) is 4.57 Å². The Morgan fingerprint density at radius 2 is 1.62 bits per heavy atom. The number of ether oxygens (including phenoxy) is 2. The Labute approximate surface area is 194 Å². The van der Waals surface area contributed by atoms with Gasteiger partial charge in [-0.15, -0.1) is 0 Å². The molecule has 0 unspecified atom stereocenters. The maximum absolute atomic E-state index is 12.6. The van der Waals surface area contributed by atoms with Crippen molar-refractivity contribution >= 4 is 23.8 Å². The van der Waals surface area contributed by atoms with Gasteiger partial charge in [0.1, 0.15) is 6.61 Å². The van der Waals surface area contributed by atoms with Crippen LogP contribution >= 0.6 is 11.6 Å². The third-order valence-electron chi connectivity index (χ3n) is 4.29. The summed E-state index contributed by atoms with van der Waals surface area (Å²) in [6.07, 6.45) is 5.52. The van der Waals surface area contributed by atoms with E-state index < -0.39 is 5.60 Å². The summed E-state index contributed by atoms with van der Waals surface area (Å²) in [6.45, 7) is 7.45. The number of aromatic nitrogens is 1. The van der Waals surface area contributed by atoms with Gasteiger partial charge in [0.2, 0.25) is 0 Å². The summed E-state index contributed by atoms with van der Waals surface area (Å²) in [5.74, 6) is 0.981. The number of methoxy groups -OCH3 is 1. The highest BCUT2D eigenvalue weighted by Crippen LogP contribution is 2.30. The van der Waals surface area contributed by atoms with Crippen LogP contribution in [0.3, 0.4) is 0 Å². The van der Waals surface area contributed by atoms with Gasteiger partial charge in [-0.05, 0) is 55.3 Å². The third-order valence-corrected chi connectivity index (χ3v) is 4.54. The summed E-state index contributed by atoms with van der Waals surface area (Å²) in [4.78, 5) is 12.6. The predicted molar refractivity (Wildman–Crippen MR) is 132 cm³/mol. The molecule has 0 spiro atoms. The lowest BCUT2D eigenvalue weighted by Crippen LogP contribution is -2.28. The highest BCUT2D eigenvalue weighted by atomic mass is 35.5. The molecule has 3 rings (SSSR count). The second-order valence-corrected chi connectivity index (χ2v) is 7.93. The van der Waals surface area contributed by atoms with E-state index in [9.17, 15) is 9.90 Å². The first-order valence-electron chi connectivity index (χ1n) is 10.5. The van der Waals surface area contributed by atoms with E-state index in [4.69, 9.17) is 21.1 Å². The molecule has 32 heavy (non-hydrogen) atoms. The van der Waals surface area contributed by atoms with E-state index in [2.05, 4.69) is 0 Å². The molecule has 0 saturated heterocycles. The molecule has 0 aliphatic carbocycles. The van der Waals surface area contributed by atoms with E-state index in [0.29, 0.717) is 22.2 Å². The first kappa shape index (κ1) is 25.2. The van der Waals surface area contributed by atoms with Crippen molar-refractivity contribution in [2.24, 2.45) is 0 Å². The number of aliphatic hydroxyl groups is 1. The average molecular weight is 456 g/mol. The lowest BCUT2D eigenvalue weighted by atomic mass is 10.1. The molecular formula is C26H30ClNO4. The number of halogens is 1. The lowest BCUT2D eigenvalue weighted by molar-refractivity contribution is 0.0276. The molecule has 0 aliphatic heterocycles. The Balaban J connectivity index is 0.00000176. The number of nitrogens with zero attached hydrogens (tertiary/aromatic N) is 1. The van der Waals surface area contributed by atoms with Crippen LogP contribution in [-0.2, 0) is 0 Å². The lowest BCUT2D eigenvalue weighted by Gasteiger charge is -2.19. The molecule has 0 amide bonds. The van der Waals surface area contributed by atoms with Gasteiger partial charge in [0.15, 0.2) is 11.5 Å². The monoisotopic (exact) mass is 455 g/mol. The van der Waals surface area contributed by atoms with Gasteiger partial charge in [-0.2, -0.15) is 0 Å². The Morgan fingerprint density at radius 1 is 0.969 bits per heavy atom. The van der Waals surface area contributed by atoms with Crippen LogP contribution in [0.1, 0.15) is 38.8 Å².